The van der Waals surface area contributed by atoms with Gasteiger partial charge in [-0.05, 0) is 27.2 Å². The quantitative estimate of drug-likeness (QED) is 0.835. The number of hydrogen-bond acceptors (Lipinski definition) is 7. The van der Waals surface area contributed by atoms with Gasteiger partial charge in [0.2, 0.25) is 5.13 Å². The van der Waals surface area contributed by atoms with E-state index < -0.39 is 5.60 Å². The van der Waals surface area contributed by atoms with E-state index in [1.807, 2.05) is 20.8 Å². The van der Waals surface area contributed by atoms with Gasteiger partial charge < -0.3 is 19.3 Å². The summed E-state index contributed by atoms with van der Waals surface area (Å²) in [5, 5.41) is 0.919. The Bertz CT molecular complexity index is 515. The van der Waals surface area contributed by atoms with Crippen molar-refractivity contribution in [1.82, 2.24) is 14.3 Å². The van der Waals surface area contributed by atoms with Crippen molar-refractivity contribution in [3.05, 3.63) is 5.82 Å². The number of carbonyl (C=O) groups is 1. The molecule has 1 aliphatic rings. The normalized spacial score (nSPS) is 16.3. The van der Waals surface area contributed by atoms with Gasteiger partial charge >= 0.3 is 6.09 Å². The Kier molecular flexibility index (Phi) is 6.17. The van der Waals surface area contributed by atoms with E-state index in [0.717, 1.165) is 36.9 Å². The van der Waals surface area contributed by atoms with Gasteiger partial charge in [-0.25, -0.2) is 9.78 Å². The van der Waals surface area contributed by atoms with Crippen molar-refractivity contribution in [3.8, 4) is 0 Å². The highest BCUT2D eigenvalue weighted by molar-refractivity contribution is 7.09. The zero-order valence-electron chi connectivity index (χ0n) is 14.4. The first-order valence-corrected chi connectivity index (χ1v) is 8.71. The molecule has 1 amide bonds. The first kappa shape index (κ1) is 17.9. The minimum Gasteiger partial charge on any atom is -0.444 e. The number of aromatic nitrogens is 2. The van der Waals surface area contributed by atoms with Gasteiger partial charge in [-0.1, -0.05) is 0 Å². The first-order valence-electron chi connectivity index (χ1n) is 7.93. The summed E-state index contributed by atoms with van der Waals surface area (Å²) in [6.45, 7) is 9.26. The van der Waals surface area contributed by atoms with Gasteiger partial charge in [0.15, 0.2) is 0 Å². The number of nitrogens with zero attached hydrogens (tertiary/aromatic N) is 4. The molecular weight excluding hydrogens is 316 g/mol. The molecule has 0 radical (unpaired) electrons. The highest BCUT2D eigenvalue weighted by atomic mass is 32.1. The fraction of sp³-hybridized carbons (Fsp3) is 0.800. The van der Waals surface area contributed by atoms with Crippen molar-refractivity contribution in [2.45, 2.75) is 39.2 Å². The Balaban J connectivity index is 1.90. The van der Waals surface area contributed by atoms with E-state index in [9.17, 15) is 4.79 Å². The number of rotatable bonds is 4. The van der Waals surface area contributed by atoms with Crippen LogP contribution in [0.3, 0.4) is 0 Å². The molecule has 130 valence electrons. The van der Waals surface area contributed by atoms with Crippen molar-refractivity contribution in [2.24, 2.45) is 0 Å². The predicted molar refractivity (Wildman–Crippen MR) is 90.1 cm³/mol. The minimum atomic E-state index is -0.460. The fourth-order valence-corrected chi connectivity index (χ4v) is 3.05. The zero-order chi connectivity index (χ0) is 16.9. The minimum absolute atomic E-state index is 0.239. The Morgan fingerprint density at radius 3 is 2.74 bits per heavy atom. The molecular formula is C15H26N4O3S. The van der Waals surface area contributed by atoms with Gasteiger partial charge in [0.25, 0.3) is 0 Å². The second-order valence-corrected chi connectivity index (χ2v) is 7.27. The van der Waals surface area contributed by atoms with Crippen molar-refractivity contribution < 1.29 is 14.3 Å². The number of anilines is 1. The van der Waals surface area contributed by atoms with Crippen LogP contribution >= 0.6 is 11.5 Å². The molecule has 0 spiro atoms. The van der Waals surface area contributed by atoms with Crippen LogP contribution in [0.25, 0.3) is 0 Å². The molecule has 2 heterocycles. The largest absolute Gasteiger partial charge is 0.444 e. The smallest absolute Gasteiger partial charge is 0.410 e. The van der Waals surface area contributed by atoms with Gasteiger partial charge in [-0.15, -0.1) is 0 Å². The van der Waals surface area contributed by atoms with E-state index in [2.05, 4.69) is 14.3 Å². The molecule has 1 aromatic heterocycles. The molecule has 23 heavy (non-hydrogen) atoms. The summed E-state index contributed by atoms with van der Waals surface area (Å²) in [5.41, 5.74) is -0.460. The lowest BCUT2D eigenvalue weighted by molar-refractivity contribution is 0.0263. The monoisotopic (exact) mass is 342 g/mol. The summed E-state index contributed by atoms with van der Waals surface area (Å²) in [6.07, 6.45) is 1.38. The van der Waals surface area contributed by atoms with Crippen LogP contribution in [0.4, 0.5) is 9.93 Å². The third-order valence-corrected chi connectivity index (χ3v) is 4.22. The van der Waals surface area contributed by atoms with Crippen LogP contribution in [-0.4, -0.2) is 65.8 Å². The van der Waals surface area contributed by atoms with Gasteiger partial charge in [0.05, 0.1) is 6.61 Å². The SMILES string of the molecule is COCCc1nsc(N2CCCN(C(=O)OC(C)(C)C)CC2)n1. The zero-order valence-corrected chi connectivity index (χ0v) is 15.2. The number of hydrogen-bond donors (Lipinski definition) is 0. The molecule has 1 fully saturated rings. The molecule has 8 heteroatoms. The third kappa shape index (κ3) is 5.62. The van der Waals surface area contributed by atoms with Gasteiger partial charge in [-0.3, -0.25) is 0 Å². The second kappa shape index (κ2) is 7.92. The van der Waals surface area contributed by atoms with E-state index in [0.29, 0.717) is 19.7 Å². The van der Waals surface area contributed by atoms with E-state index in [4.69, 9.17) is 9.47 Å². The lowest BCUT2D eigenvalue weighted by atomic mass is 10.2. The maximum Gasteiger partial charge on any atom is 0.410 e. The molecule has 0 atom stereocenters. The maximum absolute atomic E-state index is 12.2. The molecule has 0 saturated carbocycles. The number of ether oxygens (including phenoxy) is 2. The Labute approximate surface area is 141 Å². The third-order valence-electron chi connectivity index (χ3n) is 3.41. The van der Waals surface area contributed by atoms with Crippen molar-refractivity contribution in [2.75, 3.05) is 44.8 Å². The number of carbonyl (C=O) groups excluding carboxylic acids is 1. The molecule has 2 rings (SSSR count). The van der Waals surface area contributed by atoms with E-state index in [-0.39, 0.29) is 6.09 Å². The van der Waals surface area contributed by atoms with Crippen LogP contribution in [0.15, 0.2) is 0 Å². The average molecular weight is 342 g/mol. The second-order valence-electron chi connectivity index (χ2n) is 6.54. The summed E-state index contributed by atoms with van der Waals surface area (Å²) in [7, 11) is 1.67. The highest BCUT2D eigenvalue weighted by Gasteiger charge is 2.25. The molecule has 0 N–H and O–H groups in total. The van der Waals surface area contributed by atoms with Crippen LogP contribution in [0, 0.1) is 0 Å². The topological polar surface area (TPSA) is 67.8 Å². The molecule has 1 saturated heterocycles. The van der Waals surface area contributed by atoms with Crippen LogP contribution in [0.1, 0.15) is 33.0 Å². The van der Waals surface area contributed by atoms with Gasteiger partial charge in [0.1, 0.15) is 11.4 Å². The average Bonchev–Trinajstić information content (AvgIpc) is 2.79. The number of amides is 1. The van der Waals surface area contributed by atoms with Crippen LogP contribution in [0.5, 0.6) is 0 Å². The Hall–Kier alpha value is -1.41. The fourth-order valence-electron chi connectivity index (χ4n) is 2.29. The molecule has 1 aliphatic heterocycles. The van der Waals surface area contributed by atoms with Crippen molar-refractivity contribution in [3.63, 3.8) is 0 Å². The summed E-state index contributed by atoms with van der Waals surface area (Å²) in [5.74, 6) is 0.820. The lowest BCUT2D eigenvalue weighted by Gasteiger charge is -2.26. The summed E-state index contributed by atoms with van der Waals surface area (Å²) in [4.78, 5) is 20.7. The van der Waals surface area contributed by atoms with Gasteiger partial charge in [-0.2, -0.15) is 4.37 Å². The molecule has 0 aliphatic carbocycles. The molecule has 0 aromatic carbocycles. The highest BCUT2D eigenvalue weighted by Crippen LogP contribution is 2.20. The summed E-state index contributed by atoms with van der Waals surface area (Å²) >= 11 is 1.41. The molecule has 0 bridgehead atoms. The lowest BCUT2D eigenvalue weighted by Crippen LogP contribution is -2.39. The van der Waals surface area contributed by atoms with E-state index >= 15 is 0 Å². The Morgan fingerprint density at radius 2 is 2.04 bits per heavy atom. The van der Waals surface area contributed by atoms with E-state index in [1.165, 1.54) is 11.5 Å². The standard InChI is InChI=1S/C15H26N4O3S/c1-15(2,3)22-14(20)19-8-5-7-18(9-10-19)13-16-12(17-23-13)6-11-21-4/h5-11H2,1-4H3. The first-order chi connectivity index (χ1) is 10.9. The van der Waals surface area contributed by atoms with E-state index in [1.54, 1.807) is 12.0 Å². The number of methoxy groups -OCH3 is 1. The summed E-state index contributed by atoms with van der Waals surface area (Å²) in [6, 6.07) is 0. The molecule has 1 aromatic rings. The molecule has 7 nitrogen and oxygen atoms in total. The van der Waals surface area contributed by atoms with Crippen molar-refractivity contribution in [1.29, 1.82) is 0 Å². The maximum atomic E-state index is 12.2. The Morgan fingerprint density at radius 1 is 1.26 bits per heavy atom. The van der Waals surface area contributed by atoms with Crippen molar-refractivity contribution >= 4 is 22.8 Å². The molecule has 0 unspecified atom stereocenters. The van der Waals surface area contributed by atoms with Crippen LogP contribution in [0.2, 0.25) is 0 Å². The van der Waals surface area contributed by atoms with Gasteiger partial charge in [0, 0.05) is 51.2 Å². The predicted octanol–water partition coefficient (Wildman–Crippen LogP) is 2.17. The van der Waals surface area contributed by atoms with Crippen LogP contribution in [-0.2, 0) is 15.9 Å². The summed E-state index contributed by atoms with van der Waals surface area (Å²) < 4.78 is 14.9. The van der Waals surface area contributed by atoms with Crippen LogP contribution < -0.4 is 4.90 Å².